The van der Waals surface area contributed by atoms with Gasteiger partial charge >= 0.3 is 0 Å². The summed E-state index contributed by atoms with van der Waals surface area (Å²) in [5.74, 6) is -0.987. The number of benzene rings is 2. The monoisotopic (exact) mass is 676 g/mol. The highest BCUT2D eigenvalue weighted by molar-refractivity contribution is 7.90. The first kappa shape index (κ1) is 36.9. The molecule has 2 aromatic carbocycles. The van der Waals surface area contributed by atoms with E-state index in [1.54, 1.807) is 26.1 Å². The average Bonchev–Trinajstić information content (AvgIpc) is 3.04. The Morgan fingerprint density at radius 1 is 0.804 bits per heavy atom. The lowest BCUT2D eigenvalue weighted by Crippen LogP contribution is -2.45. The molecule has 2 heterocycles. The molecule has 0 saturated heterocycles. The number of para-hydroxylation sites is 2. The molecule has 0 unspecified atom stereocenters. The Balaban J connectivity index is 0.000000251. The highest BCUT2D eigenvalue weighted by Gasteiger charge is 2.29. The molecule has 13 nitrogen and oxygen atoms in total. The number of sulfone groups is 2. The zero-order valence-electron chi connectivity index (χ0n) is 26.1. The average molecular weight is 677 g/mol. The van der Waals surface area contributed by atoms with Gasteiger partial charge in [-0.3, -0.25) is 20.0 Å². The Bertz CT molecular complexity index is 1810. The number of rotatable bonds is 15. The standard InChI is InChI=1S/C16H20N2O5S.C15H20N2O4S/c1-12(23-2)16(18(20)11-19)10-24(21,22)9-13-7-14-5-3-4-6-15(14)17-8-13;1-11(21-2)15(17-18)10-22(19,20)9-12-7-13-5-3-4-6-14(13)16-8-12/h3-8,11-12,16,20H,9-10H2,1-2H3;3-8,11,15,17-18H,9-10H2,1-2H3/t12-,16-;11-,15-/m11/s1. The Kier molecular flexibility index (Phi) is 13.5. The lowest BCUT2D eigenvalue weighted by atomic mass is 10.2. The highest BCUT2D eigenvalue weighted by atomic mass is 32.2. The van der Waals surface area contributed by atoms with Crippen molar-refractivity contribution in [1.82, 2.24) is 20.5 Å². The van der Waals surface area contributed by atoms with Gasteiger partial charge in [0.05, 0.1) is 58.3 Å². The molecular weight excluding hydrogens is 636 g/mol. The van der Waals surface area contributed by atoms with E-state index in [0.29, 0.717) is 16.2 Å². The molecule has 0 spiro atoms. The second-order valence-corrected chi connectivity index (χ2v) is 15.1. The zero-order chi connectivity index (χ0) is 33.9. The SMILES string of the molecule is CO[C@H](C)[C@@H](CS(=O)(=O)Cc1cnc2ccccc2c1)N(O)C=O.CO[C@H](C)[C@@H](CS(=O)(=O)Cc1cnc2ccccc2c1)NO. The van der Waals surface area contributed by atoms with Gasteiger partial charge in [-0.25, -0.2) is 21.9 Å². The van der Waals surface area contributed by atoms with Crippen LogP contribution in [-0.4, -0.2) is 98.7 Å². The molecular formula is C31H40N4O9S2. The first-order chi connectivity index (χ1) is 21.8. The zero-order valence-corrected chi connectivity index (χ0v) is 27.7. The number of nitrogens with zero attached hydrogens (tertiary/aromatic N) is 3. The van der Waals surface area contributed by atoms with E-state index in [1.165, 1.54) is 20.4 Å². The normalized spacial score (nSPS) is 14.6. The van der Waals surface area contributed by atoms with Crippen molar-refractivity contribution in [2.75, 3.05) is 25.7 Å². The largest absolute Gasteiger partial charge is 0.380 e. The Morgan fingerprint density at radius 2 is 1.26 bits per heavy atom. The van der Waals surface area contributed by atoms with Crippen LogP contribution >= 0.6 is 0 Å². The molecule has 2 aromatic heterocycles. The van der Waals surface area contributed by atoms with Crippen LogP contribution in [0.1, 0.15) is 25.0 Å². The molecule has 0 fully saturated rings. The summed E-state index contributed by atoms with van der Waals surface area (Å²) in [5.41, 5.74) is 4.79. The summed E-state index contributed by atoms with van der Waals surface area (Å²) in [4.78, 5) is 19.3. The number of hydroxylamine groups is 3. The molecule has 0 aliphatic carbocycles. The third kappa shape index (κ3) is 10.8. The molecule has 0 aliphatic rings. The predicted octanol–water partition coefficient (Wildman–Crippen LogP) is 2.93. The number of pyridine rings is 2. The Morgan fingerprint density at radius 3 is 1.70 bits per heavy atom. The number of hydrogen-bond acceptors (Lipinski definition) is 12. The molecule has 0 saturated carbocycles. The maximum Gasteiger partial charge on any atom is 0.233 e. The van der Waals surface area contributed by atoms with E-state index >= 15 is 0 Å². The van der Waals surface area contributed by atoms with Crippen molar-refractivity contribution in [2.45, 2.75) is 49.6 Å². The van der Waals surface area contributed by atoms with E-state index < -0.39 is 49.7 Å². The van der Waals surface area contributed by atoms with Crippen molar-refractivity contribution < 1.29 is 41.5 Å². The van der Waals surface area contributed by atoms with Gasteiger partial charge in [-0.1, -0.05) is 36.4 Å². The van der Waals surface area contributed by atoms with Crippen LogP contribution in [0.5, 0.6) is 0 Å². The molecule has 15 heteroatoms. The predicted molar refractivity (Wildman–Crippen MR) is 174 cm³/mol. The van der Waals surface area contributed by atoms with Gasteiger partial charge in [-0.05, 0) is 49.2 Å². The van der Waals surface area contributed by atoms with Crippen LogP contribution in [0.25, 0.3) is 21.8 Å². The minimum atomic E-state index is -3.59. The highest BCUT2D eigenvalue weighted by Crippen LogP contribution is 2.18. The fourth-order valence-corrected chi connectivity index (χ4v) is 8.06. The minimum Gasteiger partial charge on any atom is -0.380 e. The number of carbonyl (C=O) groups excluding carboxylic acids is 1. The first-order valence-electron chi connectivity index (χ1n) is 14.3. The van der Waals surface area contributed by atoms with Crippen molar-refractivity contribution in [2.24, 2.45) is 0 Å². The summed E-state index contributed by atoms with van der Waals surface area (Å²) in [6, 6.07) is 16.9. The topological polar surface area (TPSA) is 185 Å². The number of amides is 1. The fourth-order valence-electron chi connectivity index (χ4n) is 4.65. The van der Waals surface area contributed by atoms with E-state index in [0.717, 1.165) is 21.8 Å². The summed E-state index contributed by atoms with van der Waals surface area (Å²) in [5, 5.41) is 20.8. The minimum absolute atomic E-state index is 0.126. The molecule has 4 aromatic rings. The number of carbonyl (C=O) groups is 1. The van der Waals surface area contributed by atoms with Gasteiger partial charge in [-0.2, -0.15) is 5.48 Å². The second kappa shape index (κ2) is 16.8. The van der Waals surface area contributed by atoms with Gasteiger partial charge in [0.2, 0.25) is 6.41 Å². The molecule has 0 aliphatic heterocycles. The van der Waals surface area contributed by atoms with Crippen molar-refractivity contribution in [3.63, 3.8) is 0 Å². The third-order valence-electron chi connectivity index (χ3n) is 7.39. The Hall–Kier alpha value is -3.57. The van der Waals surface area contributed by atoms with E-state index in [4.69, 9.17) is 14.7 Å². The van der Waals surface area contributed by atoms with Gasteiger partial charge in [-0.15, -0.1) is 0 Å². The molecule has 46 heavy (non-hydrogen) atoms. The lowest BCUT2D eigenvalue weighted by molar-refractivity contribution is -0.168. The van der Waals surface area contributed by atoms with Gasteiger partial charge < -0.3 is 14.7 Å². The van der Waals surface area contributed by atoms with E-state index in [1.807, 2.05) is 60.1 Å². The fraction of sp³-hybridized carbons (Fsp3) is 0.387. The maximum absolute atomic E-state index is 12.5. The molecule has 4 rings (SSSR count). The summed E-state index contributed by atoms with van der Waals surface area (Å²) in [6.45, 7) is 3.28. The van der Waals surface area contributed by atoms with Gasteiger partial charge in [0.25, 0.3) is 0 Å². The lowest BCUT2D eigenvalue weighted by Gasteiger charge is -2.27. The van der Waals surface area contributed by atoms with Crippen molar-refractivity contribution in [3.8, 4) is 0 Å². The number of nitrogens with one attached hydrogen (secondary N) is 1. The molecule has 4 atom stereocenters. The maximum atomic E-state index is 12.5. The first-order valence-corrected chi connectivity index (χ1v) is 17.9. The van der Waals surface area contributed by atoms with Crippen LogP contribution in [0.15, 0.2) is 73.1 Å². The van der Waals surface area contributed by atoms with E-state index in [2.05, 4.69) is 9.97 Å². The van der Waals surface area contributed by atoms with Crippen molar-refractivity contribution >= 4 is 47.9 Å². The molecule has 1 amide bonds. The van der Waals surface area contributed by atoms with E-state index in [9.17, 15) is 26.8 Å². The summed E-state index contributed by atoms with van der Waals surface area (Å²) >= 11 is 0. The van der Waals surface area contributed by atoms with Crippen LogP contribution in [0.4, 0.5) is 0 Å². The number of aromatic nitrogens is 2. The quantitative estimate of drug-likeness (QED) is 0.0952. The van der Waals surface area contributed by atoms with Gasteiger partial charge in [0.1, 0.15) is 0 Å². The summed E-state index contributed by atoms with van der Waals surface area (Å²) < 4.78 is 59.6. The van der Waals surface area contributed by atoms with E-state index in [-0.39, 0.29) is 23.7 Å². The molecule has 250 valence electrons. The van der Waals surface area contributed by atoms with Crippen molar-refractivity contribution in [1.29, 1.82) is 0 Å². The van der Waals surface area contributed by atoms with Crippen LogP contribution in [0.3, 0.4) is 0 Å². The number of hydrogen-bond donors (Lipinski definition) is 3. The number of ether oxygens (including phenoxy) is 2. The second-order valence-electron chi connectivity index (χ2n) is 10.9. The molecule has 0 bridgehead atoms. The molecule has 0 radical (unpaired) electrons. The van der Waals surface area contributed by atoms with Crippen LogP contribution < -0.4 is 5.48 Å². The van der Waals surface area contributed by atoms with Crippen molar-refractivity contribution in [3.05, 3.63) is 84.2 Å². The number of fused-ring (bicyclic) bond motifs is 2. The van der Waals surface area contributed by atoms with Crippen LogP contribution in [0.2, 0.25) is 0 Å². The summed E-state index contributed by atoms with van der Waals surface area (Å²) in [7, 11) is -4.15. The Labute approximate surface area is 268 Å². The molecule has 3 N–H and O–H groups in total. The van der Waals surface area contributed by atoms with Gasteiger partial charge in [0, 0.05) is 37.4 Å². The van der Waals surface area contributed by atoms with Crippen LogP contribution in [0, 0.1) is 0 Å². The summed E-state index contributed by atoms with van der Waals surface area (Å²) in [6.07, 6.45) is 2.21. The van der Waals surface area contributed by atoms with Gasteiger partial charge in [0.15, 0.2) is 19.7 Å². The number of methoxy groups -OCH3 is 2. The van der Waals surface area contributed by atoms with Crippen LogP contribution in [-0.2, 0) is 45.4 Å². The third-order valence-corrected chi connectivity index (χ3v) is 10.7. The smallest absolute Gasteiger partial charge is 0.233 e.